The molecule has 0 N–H and O–H groups in total. The first-order valence-electron chi connectivity index (χ1n) is 25.6. The fraction of sp³-hybridized carbons (Fsp3) is 0.194. The van der Waals surface area contributed by atoms with Crippen LogP contribution in [0.4, 0.5) is 28.4 Å². The molecule has 1 aliphatic rings. The zero-order valence-corrected chi connectivity index (χ0v) is 43.6. The van der Waals surface area contributed by atoms with Crippen LogP contribution in [0, 0.1) is 6.57 Å². The van der Waals surface area contributed by atoms with Gasteiger partial charge in [-0.15, -0.1) is 0 Å². The van der Waals surface area contributed by atoms with E-state index in [1.807, 2.05) is 36.5 Å². The van der Waals surface area contributed by atoms with Crippen LogP contribution in [0.2, 0.25) is 0 Å². The second-order valence-electron chi connectivity index (χ2n) is 22.8. The van der Waals surface area contributed by atoms with Crippen molar-refractivity contribution in [1.82, 2.24) is 9.55 Å². The van der Waals surface area contributed by atoms with Crippen LogP contribution in [0.5, 0.6) is 11.5 Å². The van der Waals surface area contributed by atoms with Gasteiger partial charge in [-0.05, 0) is 105 Å². The van der Waals surface area contributed by atoms with Gasteiger partial charge in [-0.2, -0.15) is 0 Å². The van der Waals surface area contributed by atoms with E-state index in [0.29, 0.717) is 23.7 Å². The van der Waals surface area contributed by atoms with Crippen LogP contribution in [-0.2, 0) is 16.2 Å². The highest BCUT2D eigenvalue weighted by atomic mass is 16.5. The Hall–Kier alpha value is -8.60. The molecule has 7 heteroatoms. The smallest absolute Gasteiger partial charge is 0.229 e. The van der Waals surface area contributed by atoms with Crippen LogP contribution in [-0.4, -0.2) is 16.2 Å². The van der Waals surface area contributed by atoms with Gasteiger partial charge in [-0.25, -0.2) is 9.83 Å². The molecule has 364 valence electrons. The lowest BCUT2D eigenvalue weighted by Gasteiger charge is -2.28. The Bertz CT molecular complexity index is 3960. The number of fused-ring (bicyclic) bond motifs is 8. The van der Waals surface area contributed by atoms with E-state index in [9.17, 15) is 0 Å². The number of rotatable bonds is 7. The van der Waals surface area contributed by atoms with Gasteiger partial charge in [0.15, 0.2) is 0 Å². The summed E-state index contributed by atoms with van der Waals surface area (Å²) in [6.07, 6.45) is 1.90. The summed E-state index contributed by atoms with van der Waals surface area (Å²) < 4.78 is 15.8. The van der Waals surface area contributed by atoms with Crippen LogP contribution in [0.25, 0.3) is 76.7 Å². The van der Waals surface area contributed by atoms with Crippen LogP contribution in [0.15, 0.2) is 187 Å². The standard InChI is InChI=1S/C67H59N5O2/c1-65(2,3)44-28-24-42(25-29-44)50-18-14-19-51(43-26-30-45(31-27-43)66(4,5)6)62(50)71-41-70(56-22-11-12-23-57(56)71)47-16-13-17-48(39-47)73-49-32-33-54-59(40-49)72(60-38-46(36-37-69-60)67(7,8)9)58-35-34-53-52-20-15-21-55(68-10)63(52)74-64(53)61(54)58/h11-40H,41H2,1-9H3. The highest BCUT2D eigenvalue weighted by molar-refractivity contribution is 6.24. The van der Waals surface area contributed by atoms with E-state index in [1.165, 1.54) is 44.6 Å². The van der Waals surface area contributed by atoms with Crippen LogP contribution in [0.3, 0.4) is 0 Å². The predicted octanol–water partition coefficient (Wildman–Crippen LogP) is 18.9. The maximum Gasteiger partial charge on any atom is 0.229 e. The molecule has 0 saturated carbocycles. The third-order valence-electron chi connectivity index (χ3n) is 14.8. The molecule has 12 rings (SSSR count). The predicted molar refractivity (Wildman–Crippen MR) is 308 cm³/mol. The molecule has 4 heterocycles. The van der Waals surface area contributed by atoms with Gasteiger partial charge in [0, 0.05) is 51.3 Å². The van der Waals surface area contributed by atoms with Gasteiger partial charge in [0.2, 0.25) is 5.69 Å². The summed E-state index contributed by atoms with van der Waals surface area (Å²) in [7, 11) is 0. The lowest BCUT2D eigenvalue weighted by molar-refractivity contribution is 0.483. The molecule has 8 aromatic carbocycles. The second kappa shape index (κ2) is 17.3. The largest absolute Gasteiger partial charge is 0.466 e. The maximum absolute atomic E-state index is 7.88. The number of aromatic nitrogens is 2. The molecule has 0 spiro atoms. The van der Waals surface area contributed by atoms with Gasteiger partial charge in [-0.1, -0.05) is 165 Å². The molecule has 0 radical (unpaired) electrons. The van der Waals surface area contributed by atoms with Crippen molar-refractivity contribution in [1.29, 1.82) is 0 Å². The van der Waals surface area contributed by atoms with Crippen LogP contribution >= 0.6 is 0 Å². The summed E-state index contributed by atoms with van der Waals surface area (Å²) in [5.74, 6) is 2.22. The summed E-state index contributed by atoms with van der Waals surface area (Å²) in [5, 5.41) is 3.86. The van der Waals surface area contributed by atoms with Crippen molar-refractivity contribution in [2.45, 2.75) is 78.6 Å². The molecule has 3 aromatic heterocycles. The summed E-state index contributed by atoms with van der Waals surface area (Å²) in [4.78, 5) is 13.6. The van der Waals surface area contributed by atoms with Crippen molar-refractivity contribution in [3.63, 3.8) is 0 Å². The summed E-state index contributed by atoms with van der Waals surface area (Å²) in [6.45, 7) is 28.7. The van der Waals surface area contributed by atoms with Gasteiger partial charge in [0.05, 0.1) is 40.1 Å². The van der Waals surface area contributed by atoms with Gasteiger partial charge < -0.3 is 19.0 Å². The van der Waals surface area contributed by atoms with E-state index in [1.54, 1.807) is 0 Å². The fourth-order valence-corrected chi connectivity index (χ4v) is 10.8. The number of para-hydroxylation sites is 4. The van der Waals surface area contributed by atoms with Crippen molar-refractivity contribution < 1.29 is 9.15 Å². The molecule has 0 bridgehead atoms. The normalized spacial score (nSPS) is 13.1. The molecule has 0 saturated heterocycles. The van der Waals surface area contributed by atoms with Crippen molar-refractivity contribution in [3.05, 3.63) is 210 Å². The molecular weight excluding hydrogens is 907 g/mol. The van der Waals surface area contributed by atoms with E-state index < -0.39 is 0 Å². The Morgan fingerprint density at radius 3 is 1.76 bits per heavy atom. The lowest BCUT2D eigenvalue weighted by Crippen LogP contribution is -2.25. The Morgan fingerprint density at radius 2 is 1.11 bits per heavy atom. The number of anilines is 4. The van der Waals surface area contributed by atoms with Gasteiger partial charge in [0.25, 0.3) is 0 Å². The maximum atomic E-state index is 7.88. The van der Waals surface area contributed by atoms with E-state index in [-0.39, 0.29) is 16.2 Å². The van der Waals surface area contributed by atoms with E-state index in [2.05, 4.69) is 227 Å². The summed E-state index contributed by atoms with van der Waals surface area (Å²) in [5.41, 5.74) is 16.7. The van der Waals surface area contributed by atoms with E-state index >= 15 is 0 Å². The average molecular weight is 966 g/mol. The average Bonchev–Trinajstić information content (AvgIpc) is 4.08. The molecule has 74 heavy (non-hydrogen) atoms. The number of hydrogen-bond acceptors (Lipinski definition) is 5. The first-order chi connectivity index (χ1) is 35.5. The highest BCUT2D eigenvalue weighted by Crippen LogP contribution is 2.51. The molecular formula is C67H59N5O2. The minimum Gasteiger partial charge on any atom is -0.466 e. The van der Waals surface area contributed by atoms with E-state index in [4.69, 9.17) is 20.7 Å². The molecule has 0 fully saturated rings. The molecule has 7 nitrogen and oxygen atoms in total. The highest BCUT2D eigenvalue weighted by Gasteiger charge is 2.32. The Morgan fingerprint density at radius 1 is 0.514 bits per heavy atom. The number of pyridine rings is 1. The molecule has 0 unspecified atom stereocenters. The molecule has 1 aliphatic heterocycles. The van der Waals surface area contributed by atoms with Crippen molar-refractivity contribution in [3.8, 4) is 39.6 Å². The van der Waals surface area contributed by atoms with E-state index in [0.717, 1.165) is 66.8 Å². The number of hydrogen-bond donors (Lipinski definition) is 0. The van der Waals surface area contributed by atoms with Crippen molar-refractivity contribution in [2.24, 2.45) is 0 Å². The number of benzene rings is 8. The second-order valence-corrected chi connectivity index (χ2v) is 22.8. The van der Waals surface area contributed by atoms with Crippen molar-refractivity contribution in [2.75, 3.05) is 16.5 Å². The quantitative estimate of drug-likeness (QED) is 0.149. The van der Waals surface area contributed by atoms with Crippen LogP contribution < -0.4 is 14.5 Å². The molecule has 0 atom stereocenters. The summed E-state index contributed by atoms with van der Waals surface area (Å²) in [6, 6.07) is 62.7. The zero-order chi connectivity index (χ0) is 51.3. The minimum atomic E-state index is -0.0901. The SMILES string of the molecule is [C-]#[N+]c1cccc2c1oc1c2ccc2c1c1ccc(Oc3cccc(N4CN(c5c(-c6ccc(C(C)(C)C)cc6)cccc5-c5ccc(C(C)(C)C)cc5)c5ccccc54)c3)cc1n2-c1cc(C(C)(C)C)ccn1. The molecule has 0 amide bonds. The minimum absolute atomic E-state index is 0.0439. The monoisotopic (exact) mass is 965 g/mol. The van der Waals surface area contributed by atoms with Gasteiger partial charge >= 0.3 is 0 Å². The zero-order valence-electron chi connectivity index (χ0n) is 43.6. The number of furan rings is 1. The Kier molecular flexibility index (Phi) is 10.9. The summed E-state index contributed by atoms with van der Waals surface area (Å²) >= 11 is 0. The topological polar surface area (TPSA) is 51.0 Å². The Labute approximate surface area is 433 Å². The van der Waals surface area contributed by atoms with Gasteiger partial charge in [-0.3, -0.25) is 4.57 Å². The first-order valence-corrected chi connectivity index (χ1v) is 25.6. The third kappa shape index (κ3) is 7.93. The third-order valence-corrected chi connectivity index (χ3v) is 14.8. The lowest BCUT2D eigenvalue weighted by atomic mass is 9.85. The molecule has 11 aromatic rings. The van der Waals surface area contributed by atoms with Crippen LogP contribution in [0.1, 0.15) is 79.0 Å². The number of ether oxygens (including phenoxy) is 1. The fourth-order valence-electron chi connectivity index (χ4n) is 10.8. The first kappa shape index (κ1) is 46.5. The Balaban J connectivity index is 0.952. The van der Waals surface area contributed by atoms with Gasteiger partial charge in [0.1, 0.15) is 35.2 Å². The molecule has 0 aliphatic carbocycles. The number of nitrogens with zero attached hydrogens (tertiary/aromatic N) is 5. The van der Waals surface area contributed by atoms with Crippen molar-refractivity contribution >= 4 is 72.2 Å².